The summed E-state index contributed by atoms with van der Waals surface area (Å²) in [5.41, 5.74) is -0.0976. The Morgan fingerprint density at radius 1 is 1.22 bits per heavy atom. The van der Waals surface area contributed by atoms with E-state index in [0.717, 1.165) is 18.4 Å². The van der Waals surface area contributed by atoms with Crippen molar-refractivity contribution in [2.75, 3.05) is 0 Å². The number of amides is 1. The summed E-state index contributed by atoms with van der Waals surface area (Å²) in [6.07, 6.45) is 2.82. The van der Waals surface area contributed by atoms with Crippen molar-refractivity contribution in [1.29, 1.82) is 0 Å². The van der Waals surface area contributed by atoms with E-state index in [1.807, 2.05) is 13.8 Å². The number of benzene rings is 1. The molecule has 0 unspecified atom stereocenters. The van der Waals surface area contributed by atoms with E-state index in [4.69, 9.17) is 0 Å². The first-order valence-corrected chi connectivity index (χ1v) is 8.12. The van der Waals surface area contributed by atoms with Crippen molar-refractivity contribution in [3.8, 4) is 0 Å². The quantitative estimate of drug-likeness (QED) is 0.840. The maximum absolute atomic E-state index is 13.1. The fourth-order valence-electron chi connectivity index (χ4n) is 3.35. The number of halogens is 1. The summed E-state index contributed by atoms with van der Waals surface area (Å²) in [6, 6.07) is 5.79. The van der Waals surface area contributed by atoms with Gasteiger partial charge in [-0.15, -0.1) is 0 Å². The highest BCUT2D eigenvalue weighted by Crippen LogP contribution is 2.41. The maximum Gasteiger partial charge on any atom is 0.310 e. The monoisotopic (exact) mass is 321 g/mol. The molecule has 1 atom stereocenters. The average molecular weight is 321 g/mol. The van der Waals surface area contributed by atoms with Gasteiger partial charge in [-0.05, 0) is 36.5 Å². The molecule has 0 bridgehead atoms. The number of hydrogen-bond acceptors (Lipinski definition) is 2. The Balaban J connectivity index is 2.09. The number of carboxylic acid groups (broad SMARTS) is 1. The summed E-state index contributed by atoms with van der Waals surface area (Å²) >= 11 is 0. The molecule has 1 saturated carbocycles. The van der Waals surface area contributed by atoms with E-state index >= 15 is 0 Å². The molecule has 1 aliphatic rings. The highest BCUT2D eigenvalue weighted by molar-refractivity contribution is 5.85. The highest BCUT2D eigenvalue weighted by Gasteiger charge is 2.43. The van der Waals surface area contributed by atoms with Crippen LogP contribution in [0.4, 0.5) is 4.39 Å². The third-order valence-electron chi connectivity index (χ3n) is 4.73. The minimum atomic E-state index is -0.922. The summed E-state index contributed by atoms with van der Waals surface area (Å²) < 4.78 is 13.1. The van der Waals surface area contributed by atoms with Crippen molar-refractivity contribution >= 4 is 11.9 Å². The van der Waals surface area contributed by atoms with Gasteiger partial charge in [-0.2, -0.15) is 0 Å². The Morgan fingerprint density at radius 2 is 1.78 bits per heavy atom. The first-order valence-electron chi connectivity index (χ1n) is 8.12. The number of aliphatic carboxylic acids is 1. The van der Waals surface area contributed by atoms with Gasteiger partial charge in [0.15, 0.2) is 0 Å². The van der Waals surface area contributed by atoms with Gasteiger partial charge in [0.1, 0.15) is 5.82 Å². The molecule has 23 heavy (non-hydrogen) atoms. The molecule has 1 aromatic rings. The Hall–Kier alpha value is -1.91. The highest BCUT2D eigenvalue weighted by atomic mass is 19.1. The normalized spacial score (nSPS) is 17.9. The number of carbonyl (C=O) groups excluding carboxylic acids is 1. The van der Waals surface area contributed by atoms with Crippen LogP contribution in [0.15, 0.2) is 24.3 Å². The van der Waals surface area contributed by atoms with Gasteiger partial charge in [0.25, 0.3) is 0 Å². The molecule has 2 rings (SSSR count). The fourth-order valence-corrected chi connectivity index (χ4v) is 3.35. The van der Waals surface area contributed by atoms with Gasteiger partial charge in [-0.25, -0.2) is 4.39 Å². The molecule has 4 nitrogen and oxygen atoms in total. The topological polar surface area (TPSA) is 66.4 Å². The van der Waals surface area contributed by atoms with Crippen molar-refractivity contribution in [2.24, 2.45) is 11.3 Å². The van der Waals surface area contributed by atoms with E-state index in [9.17, 15) is 19.1 Å². The fraction of sp³-hybridized carbons (Fsp3) is 0.556. The average Bonchev–Trinajstić information content (AvgIpc) is 2.95. The van der Waals surface area contributed by atoms with Crippen LogP contribution in [0.25, 0.3) is 0 Å². The molecule has 1 amide bonds. The first-order chi connectivity index (χ1) is 10.8. The minimum Gasteiger partial charge on any atom is -0.481 e. The lowest BCUT2D eigenvalue weighted by Gasteiger charge is -2.27. The lowest BCUT2D eigenvalue weighted by molar-refractivity contribution is -0.151. The molecule has 0 heterocycles. The molecule has 5 heteroatoms. The summed E-state index contributed by atoms with van der Waals surface area (Å²) in [4.78, 5) is 24.0. The second-order valence-electron chi connectivity index (χ2n) is 6.81. The molecule has 0 saturated heterocycles. The molecule has 2 N–H and O–H groups in total. The SMILES string of the molecule is CC(C)[C@H](NC(=O)CC1(C(=O)O)CCCC1)c1ccc(F)cc1. The Bertz CT molecular complexity index is 562. The van der Waals surface area contributed by atoms with Gasteiger partial charge < -0.3 is 10.4 Å². The smallest absolute Gasteiger partial charge is 0.310 e. The van der Waals surface area contributed by atoms with Crippen LogP contribution in [0.1, 0.15) is 57.6 Å². The van der Waals surface area contributed by atoms with Gasteiger partial charge >= 0.3 is 5.97 Å². The van der Waals surface area contributed by atoms with Crippen LogP contribution < -0.4 is 5.32 Å². The zero-order chi connectivity index (χ0) is 17.0. The van der Waals surface area contributed by atoms with Gasteiger partial charge in [0.2, 0.25) is 5.91 Å². The van der Waals surface area contributed by atoms with Crippen molar-refractivity contribution in [3.05, 3.63) is 35.6 Å². The number of nitrogens with one attached hydrogen (secondary N) is 1. The second kappa shape index (κ2) is 7.11. The molecular formula is C18H24FNO3. The van der Waals surface area contributed by atoms with E-state index in [-0.39, 0.29) is 30.1 Å². The maximum atomic E-state index is 13.1. The second-order valence-corrected chi connectivity index (χ2v) is 6.81. The zero-order valence-corrected chi connectivity index (χ0v) is 13.6. The Labute approximate surface area is 136 Å². The molecule has 126 valence electrons. The minimum absolute atomic E-state index is 0.00669. The van der Waals surface area contributed by atoms with Crippen LogP contribution in [0.3, 0.4) is 0 Å². The zero-order valence-electron chi connectivity index (χ0n) is 13.6. The van der Waals surface area contributed by atoms with Crippen LogP contribution in [0, 0.1) is 17.2 Å². The number of rotatable bonds is 6. The molecular weight excluding hydrogens is 297 g/mol. The summed E-state index contributed by atoms with van der Waals surface area (Å²) in [6.45, 7) is 3.94. The first kappa shape index (κ1) is 17.4. The molecule has 1 fully saturated rings. The van der Waals surface area contributed by atoms with Crippen molar-refractivity contribution in [1.82, 2.24) is 5.32 Å². The van der Waals surface area contributed by atoms with E-state index in [1.54, 1.807) is 12.1 Å². The van der Waals surface area contributed by atoms with Gasteiger partial charge in [0, 0.05) is 6.42 Å². The van der Waals surface area contributed by atoms with Gasteiger partial charge in [-0.3, -0.25) is 9.59 Å². The van der Waals surface area contributed by atoms with E-state index in [1.165, 1.54) is 12.1 Å². The van der Waals surface area contributed by atoms with Crippen LogP contribution in [-0.2, 0) is 9.59 Å². The van der Waals surface area contributed by atoms with E-state index in [0.29, 0.717) is 12.8 Å². The van der Waals surface area contributed by atoms with Crippen molar-refractivity contribution in [3.63, 3.8) is 0 Å². The van der Waals surface area contributed by atoms with Crippen molar-refractivity contribution in [2.45, 2.75) is 52.0 Å². The standard InChI is InChI=1S/C18H24FNO3/c1-12(2)16(13-5-7-14(19)8-6-13)20-15(21)11-18(17(22)23)9-3-4-10-18/h5-8,12,16H,3-4,9-11H2,1-2H3,(H,20,21)(H,22,23)/t16-/m0/s1. The predicted octanol–water partition coefficient (Wildman–Crippen LogP) is 3.67. The number of hydrogen-bond donors (Lipinski definition) is 2. The molecule has 0 aliphatic heterocycles. The number of carboxylic acids is 1. The summed E-state index contributed by atoms with van der Waals surface area (Å²) in [5.74, 6) is -1.34. The molecule has 0 spiro atoms. The Kier molecular flexibility index (Phi) is 5.39. The molecule has 0 aromatic heterocycles. The van der Waals surface area contributed by atoms with Crippen LogP contribution in [-0.4, -0.2) is 17.0 Å². The lowest BCUT2D eigenvalue weighted by Crippen LogP contribution is -2.38. The number of carbonyl (C=O) groups is 2. The molecule has 0 radical (unpaired) electrons. The molecule has 1 aromatic carbocycles. The largest absolute Gasteiger partial charge is 0.481 e. The third kappa shape index (κ3) is 4.09. The van der Waals surface area contributed by atoms with Gasteiger partial charge in [-0.1, -0.05) is 38.8 Å². The Morgan fingerprint density at radius 3 is 2.26 bits per heavy atom. The lowest BCUT2D eigenvalue weighted by atomic mass is 9.82. The molecule has 1 aliphatic carbocycles. The van der Waals surface area contributed by atoms with Crippen LogP contribution in [0.5, 0.6) is 0 Å². The predicted molar refractivity (Wildman–Crippen MR) is 85.3 cm³/mol. The van der Waals surface area contributed by atoms with Crippen LogP contribution >= 0.6 is 0 Å². The van der Waals surface area contributed by atoms with Gasteiger partial charge in [0.05, 0.1) is 11.5 Å². The van der Waals surface area contributed by atoms with Crippen LogP contribution in [0.2, 0.25) is 0 Å². The summed E-state index contributed by atoms with van der Waals surface area (Å²) in [7, 11) is 0. The summed E-state index contributed by atoms with van der Waals surface area (Å²) in [5, 5.41) is 12.4. The third-order valence-corrected chi connectivity index (χ3v) is 4.73. The van der Waals surface area contributed by atoms with E-state index in [2.05, 4.69) is 5.32 Å². The van der Waals surface area contributed by atoms with Crippen molar-refractivity contribution < 1.29 is 19.1 Å². The van der Waals surface area contributed by atoms with E-state index < -0.39 is 11.4 Å².